The van der Waals surface area contributed by atoms with Crippen molar-refractivity contribution in [3.63, 3.8) is 0 Å². The number of nitrogens with one attached hydrogen (secondary N) is 1. The zero-order valence-corrected chi connectivity index (χ0v) is 11.8. The first-order valence-electron chi connectivity index (χ1n) is 6.89. The first kappa shape index (κ1) is 14.0. The van der Waals surface area contributed by atoms with E-state index in [9.17, 15) is 0 Å². The van der Waals surface area contributed by atoms with Crippen molar-refractivity contribution in [3.8, 4) is 0 Å². The van der Waals surface area contributed by atoms with E-state index in [1.165, 1.54) is 25.7 Å². The third-order valence-corrected chi connectivity index (χ3v) is 4.21. The van der Waals surface area contributed by atoms with Crippen molar-refractivity contribution in [1.29, 1.82) is 0 Å². The molecule has 2 heteroatoms. The minimum absolute atomic E-state index is 0.759. The van der Waals surface area contributed by atoms with Crippen LogP contribution >= 0.6 is 0 Å². The fourth-order valence-electron chi connectivity index (χ4n) is 3.44. The second-order valence-electron chi connectivity index (χ2n) is 5.96. The number of hydrogen-bond acceptors (Lipinski definition) is 2. The van der Waals surface area contributed by atoms with Crippen molar-refractivity contribution in [2.75, 3.05) is 27.7 Å². The van der Waals surface area contributed by atoms with Crippen LogP contribution in [0.15, 0.2) is 0 Å². The third kappa shape index (κ3) is 3.46. The molecule has 0 saturated heterocycles. The Labute approximate surface area is 102 Å². The standard InChI is InChI=1S/C14H30N2/c1-11(2)13(10-15-3)14(16(4)5)12-8-6-7-9-12/h11-15H,6-10H2,1-5H3. The Bertz CT molecular complexity index is 183. The van der Waals surface area contributed by atoms with Gasteiger partial charge in [0.15, 0.2) is 0 Å². The Morgan fingerprint density at radius 3 is 2.12 bits per heavy atom. The van der Waals surface area contributed by atoms with E-state index in [2.05, 4.69) is 45.2 Å². The van der Waals surface area contributed by atoms with Gasteiger partial charge < -0.3 is 10.2 Å². The molecule has 96 valence electrons. The maximum absolute atomic E-state index is 3.38. The molecule has 1 aliphatic rings. The Kier molecular flexibility index (Phi) is 5.77. The van der Waals surface area contributed by atoms with Gasteiger partial charge in [-0.15, -0.1) is 0 Å². The van der Waals surface area contributed by atoms with Crippen LogP contribution in [0.3, 0.4) is 0 Å². The maximum atomic E-state index is 3.38. The molecule has 0 aliphatic heterocycles. The molecule has 1 saturated carbocycles. The van der Waals surface area contributed by atoms with Gasteiger partial charge in [0.25, 0.3) is 0 Å². The van der Waals surface area contributed by atoms with Crippen molar-refractivity contribution < 1.29 is 0 Å². The highest BCUT2D eigenvalue weighted by Gasteiger charge is 2.33. The molecule has 0 aromatic rings. The SMILES string of the molecule is CNCC(C(C)C)C(C1CCCC1)N(C)C. The summed E-state index contributed by atoms with van der Waals surface area (Å²) in [5.74, 6) is 2.47. The highest BCUT2D eigenvalue weighted by Crippen LogP contribution is 2.35. The highest BCUT2D eigenvalue weighted by molar-refractivity contribution is 4.88. The van der Waals surface area contributed by atoms with Crippen molar-refractivity contribution in [2.45, 2.75) is 45.6 Å². The van der Waals surface area contributed by atoms with Gasteiger partial charge >= 0.3 is 0 Å². The lowest BCUT2D eigenvalue weighted by Gasteiger charge is -2.39. The summed E-state index contributed by atoms with van der Waals surface area (Å²) < 4.78 is 0. The summed E-state index contributed by atoms with van der Waals surface area (Å²) in [4.78, 5) is 2.47. The van der Waals surface area contributed by atoms with Crippen LogP contribution in [0.25, 0.3) is 0 Å². The topological polar surface area (TPSA) is 15.3 Å². The normalized spacial score (nSPS) is 21.9. The average Bonchev–Trinajstić information content (AvgIpc) is 2.69. The van der Waals surface area contributed by atoms with Crippen LogP contribution in [0, 0.1) is 17.8 Å². The van der Waals surface area contributed by atoms with Crippen molar-refractivity contribution in [2.24, 2.45) is 17.8 Å². The lowest BCUT2D eigenvalue weighted by Crippen LogP contribution is -2.46. The van der Waals surface area contributed by atoms with Gasteiger partial charge in [-0.1, -0.05) is 26.7 Å². The Hall–Kier alpha value is -0.0800. The number of nitrogens with zero attached hydrogens (tertiary/aromatic N) is 1. The first-order valence-corrected chi connectivity index (χ1v) is 6.89. The van der Waals surface area contributed by atoms with Crippen molar-refractivity contribution in [3.05, 3.63) is 0 Å². The molecule has 1 N–H and O–H groups in total. The van der Waals surface area contributed by atoms with Crippen LogP contribution in [0.4, 0.5) is 0 Å². The van der Waals surface area contributed by atoms with E-state index in [4.69, 9.17) is 0 Å². The third-order valence-electron chi connectivity index (χ3n) is 4.21. The minimum atomic E-state index is 0.759. The van der Waals surface area contributed by atoms with E-state index in [0.29, 0.717) is 0 Å². The summed E-state index contributed by atoms with van der Waals surface area (Å²) >= 11 is 0. The molecule has 1 aliphatic carbocycles. The Morgan fingerprint density at radius 1 is 1.19 bits per heavy atom. The molecule has 0 heterocycles. The van der Waals surface area contributed by atoms with Gasteiger partial charge in [-0.05, 0) is 58.3 Å². The molecule has 0 aromatic heterocycles. The largest absolute Gasteiger partial charge is 0.319 e. The summed E-state index contributed by atoms with van der Waals surface area (Å²) in [6, 6.07) is 0.759. The number of rotatable bonds is 6. The molecule has 16 heavy (non-hydrogen) atoms. The minimum Gasteiger partial charge on any atom is -0.319 e. The summed E-state index contributed by atoms with van der Waals surface area (Å²) in [5.41, 5.74) is 0. The smallest absolute Gasteiger partial charge is 0.0160 e. The highest BCUT2D eigenvalue weighted by atomic mass is 15.1. The van der Waals surface area contributed by atoms with Gasteiger partial charge in [0, 0.05) is 6.04 Å². The fraction of sp³-hybridized carbons (Fsp3) is 1.00. The second kappa shape index (κ2) is 6.61. The van der Waals surface area contributed by atoms with Crippen molar-refractivity contribution >= 4 is 0 Å². The van der Waals surface area contributed by atoms with Gasteiger partial charge in [0.1, 0.15) is 0 Å². The molecule has 1 fully saturated rings. The molecular formula is C14H30N2. The zero-order chi connectivity index (χ0) is 12.1. The maximum Gasteiger partial charge on any atom is 0.0160 e. The zero-order valence-electron chi connectivity index (χ0n) is 11.8. The molecule has 0 spiro atoms. The first-order chi connectivity index (χ1) is 7.57. The van der Waals surface area contributed by atoms with Crippen LogP contribution < -0.4 is 5.32 Å². The number of hydrogen-bond donors (Lipinski definition) is 1. The quantitative estimate of drug-likeness (QED) is 0.749. The molecule has 1 rings (SSSR count). The van der Waals surface area contributed by atoms with Crippen LogP contribution in [0.1, 0.15) is 39.5 Å². The van der Waals surface area contributed by atoms with Gasteiger partial charge in [-0.2, -0.15) is 0 Å². The van der Waals surface area contributed by atoms with Crippen LogP contribution in [0.2, 0.25) is 0 Å². The molecule has 0 bridgehead atoms. The molecular weight excluding hydrogens is 196 g/mol. The van der Waals surface area contributed by atoms with Crippen LogP contribution in [-0.4, -0.2) is 38.6 Å². The van der Waals surface area contributed by atoms with Gasteiger partial charge in [0.05, 0.1) is 0 Å². The molecule has 2 atom stereocenters. The monoisotopic (exact) mass is 226 g/mol. The molecule has 0 aromatic carbocycles. The van der Waals surface area contributed by atoms with E-state index < -0.39 is 0 Å². The molecule has 2 unspecified atom stereocenters. The fourth-order valence-corrected chi connectivity index (χ4v) is 3.44. The Balaban J connectivity index is 2.71. The van der Waals surface area contributed by atoms with E-state index in [-0.39, 0.29) is 0 Å². The Morgan fingerprint density at radius 2 is 1.75 bits per heavy atom. The van der Waals surface area contributed by atoms with E-state index in [1.807, 2.05) is 0 Å². The van der Waals surface area contributed by atoms with Gasteiger partial charge in [-0.25, -0.2) is 0 Å². The molecule has 0 amide bonds. The summed E-state index contributed by atoms with van der Waals surface area (Å²) in [6.45, 7) is 5.89. The van der Waals surface area contributed by atoms with Crippen LogP contribution in [-0.2, 0) is 0 Å². The van der Waals surface area contributed by atoms with E-state index in [1.54, 1.807) is 0 Å². The molecule has 0 radical (unpaired) electrons. The van der Waals surface area contributed by atoms with E-state index >= 15 is 0 Å². The predicted octanol–water partition coefficient (Wildman–Crippen LogP) is 2.60. The molecule has 2 nitrogen and oxygen atoms in total. The van der Waals surface area contributed by atoms with Gasteiger partial charge in [-0.3, -0.25) is 0 Å². The second-order valence-corrected chi connectivity index (χ2v) is 5.96. The lowest BCUT2D eigenvalue weighted by molar-refractivity contribution is 0.112. The lowest BCUT2D eigenvalue weighted by atomic mass is 9.80. The summed E-state index contributed by atoms with van der Waals surface area (Å²) in [7, 11) is 6.60. The van der Waals surface area contributed by atoms with Crippen molar-refractivity contribution in [1.82, 2.24) is 10.2 Å². The van der Waals surface area contributed by atoms with Gasteiger partial charge in [0.2, 0.25) is 0 Å². The summed E-state index contributed by atoms with van der Waals surface area (Å²) in [5, 5.41) is 3.38. The van der Waals surface area contributed by atoms with E-state index in [0.717, 1.165) is 30.3 Å². The summed E-state index contributed by atoms with van der Waals surface area (Å²) in [6.07, 6.45) is 5.77. The van der Waals surface area contributed by atoms with Crippen LogP contribution in [0.5, 0.6) is 0 Å². The average molecular weight is 226 g/mol. The predicted molar refractivity (Wildman–Crippen MR) is 71.7 cm³/mol.